The molecule has 3 unspecified atom stereocenters. The van der Waals surface area contributed by atoms with Crippen LogP contribution in [0, 0.1) is 17.6 Å². The quantitative estimate of drug-likeness (QED) is 0.824. The summed E-state index contributed by atoms with van der Waals surface area (Å²) in [6.45, 7) is 3.54. The molecule has 0 radical (unpaired) electrons. The molecule has 29 heavy (non-hydrogen) atoms. The maximum atomic E-state index is 14.4. The molecule has 154 valence electrons. The average Bonchev–Trinajstić information content (AvgIpc) is 3.37. The number of nitrogens with zero attached hydrogens (tertiary/aromatic N) is 1. The SMILES string of the molecule is Fc1cccc(F)c1C1CNNC1C1CCCN(Cc2ccc3c(c2)OCO3)C1. The van der Waals surface area contributed by atoms with Crippen molar-refractivity contribution < 1.29 is 18.3 Å². The van der Waals surface area contributed by atoms with Crippen LogP contribution in [0.5, 0.6) is 11.5 Å². The number of nitrogens with one attached hydrogen (secondary N) is 2. The first-order valence-electron chi connectivity index (χ1n) is 10.2. The lowest BCUT2D eigenvalue weighted by atomic mass is 9.80. The van der Waals surface area contributed by atoms with Crippen molar-refractivity contribution in [2.45, 2.75) is 31.3 Å². The van der Waals surface area contributed by atoms with Crippen molar-refractivity contribution in [3.8, 4) is 11.5 Å². The first kappa shape index (κ1) is 18.8. The normalized spacial score (nSPS) is 26.8. The zero-order chi connectivity index (χ0) is 19.8. The van der Waals surface area contributed by atoms with Gasteiger partial charge in [0.1, 0.15) is 11.6 Å². The minimum atomic E-state index is -0.460. The molecule has 5 rings (SSSR count). The molecule has 5 nitrogen and oxygen atoms in total. The number of hydrogen-bond donors (Lipinski definition) is 2. The van der Waals surface area contributed by atoms with Gasteiger partial charge in [-0.2, -0.15) is 0 Å². The second-order valence-electron chi connectivity index (χ2n) is 8.12. The van der Waals surface area contributed by atoms with E-state index in [-0.39, 0.29) is 24.3 Å². The molecule has 2 fully saturated rings. The first-order chi connectivity index (χ1) is 14.2. The monoisotopic (exact) mass is 401 g/mol. The van der Waals surface area contributed by atoms with Gasteiger partial charge in [0.15, 0.2) is 11.5 Å². The van der Waals surface area contributed by atoms with Crippen LogP contribution >= 0.6 is 0 Å². The molecule has 2 saturated heterocycles. The Labute approximate surface area is 169 Å². The lowest BCUT2D eigenvalue weighted by Gasteiger charge is -2.37. The molecule has 0 saturated carbocycles. The van der Waals surface area contributed by atoms with Crippen LogP contribution in [0.15, 0.2) is 36.4 Å². The molecule has 2 aromatic rings. The Morgan fingerprint density at radius 3 is 2.76 bits per heavy atom. The zero-order valence-electron chi connectivity index (χ0n) is 16.2. The molecular formula is C22H25F2N3O2. The number of ether oxygens (including phenoxy) is 2. The molecule has 0 aromatic heterocycles. The minimum Gasteiger partial charge on any atom is -0.454 e. The molecule has 3 atom stereocenters. The number of fused-ring (bicyclic) bond motifs is 1. The highest BCUT2D eigenvalue weighted by atomic mass is 19.1. The predicted octanol–water partition coefficient (Wildman–Crippen LogP) is 3.17. The fraction of sp³-hybridized carbons (Fsp3) is 0.455. The molecule has 2 N–H and O–H groups in total. The van der Waals surface area contributed by atoms with Gasteiger partial charge < -0.3 is 9.47 Å². The summed E-state index contributed by atoms with van der Waals surface area (Å²) in [5, 5.41) is 0. The van der Waals surface area contributed by atoms with Crippen LogP contribution < -0.4 is 20.3 Å². The van der Waals surface area contributed by atoms with Crippen molar-refractivity contribution in [3.63, 3.8) is 0 Å². The van der Waals surface area contributed by atoms with Crippen LogP contribution in [0.25, 0.3) is 0 Å². The average molecular weight is 401 g/mol. The summed E-state index contributed by atoms with van der Waals surface area (Å²) >= 11 is 0. The molecule has 0 amide bonds. The highest BCUT2D eigenvalue weighted by Gasteiger charge is 2.39. The van der Waals surface area contributed by atoms with E-state index in [1.54, 1.807) is 0 Å². The van der Waals surface area contributed by atoms with Gasteiger partial charge in [0.25, 0.3) is 0 Å². The minimum absolute atomic E-state index is 0.000883. The lowest BCUT2D eigenvalue weighted by molar-refractivity contribution is 0.139. The third-order valence-corrected chi connectivity index (χ3v) is 6.29. The van der Waals surface area contributed by atoms with E-state index in [0.717, 1.165) is 44.0 Å². The molecule has 7 heteroatoms. The number of likely N-dealkylation sites (tertiary alicyclic amines) is 1. The van der Waals surface area contributed by atoms with Crippen LogP contribution in [0.3, 0.4) is 0 Å². The van der Waals surface area contributed by atoms with Gasteiger partial charge in [-0.15, -0.1) is 0 Å². The Hall–Kier alpha value is -2.22. The van der Waals surface area contributed by atoms with Crippen molar-refractivity contribution in [1.82, 2.24) is 15.8 Å². The number of piperidine rings is 1. The van der Waals surface area contributed by atoms with E-state index in [1.165, 1.54) is 23.8 Å². The van der Waals surface area contributed by atoms with E-state index in [9.17, 15) is 8.78 Å². The molecule has 0 aliphatic carbocycles. The first-order valence-corrected chi connectivity index (χ1v) is 10.2. The highest BCUT2D eigenvalue weighted by molar-refractivity contribution is 5.44. The highest BCUT2D eigenvalue weighted by Crippen LogP contribution is 2.36. The van der Waals surface area contributed by atoms with Gasteiger partial charge in [-0.05, 0) is 55.1 Å². The van der Waals surface area contributed by atoms with Gasteiger partial charge >= 0.3 is 0 Å². The van der Waals surface area contributed by atoms with Crippen LogP contribution in [-0.4, -0.2) is 37.4 Å². The summed E-state index contributed by atoms with van der Waals surface area (Å²) in [6, 6.07) is 10.2. The van der Waals surface area contributed by atoms with E-state index in [1.807, 2.05) is 12.1 Å². The maximum absolute atomic E-state index is 14.4. The second-order valence-corrected chi connectivity index (χ2v) is 8.12. The Bertz CT molecular complexity index is 874. The molecule has 0 spiro atoms. The third kappa shape index (κ3) is 3.70. The second kappa shape index (κ2) is 7.89. The van der Waals surface area contributed by atoms with Gasteiger partial charge in [0, 0.05) is 37.2 Å². The van der Waals surface area contributed by atoms with Gasteiger partial charge in [-0.1, -0.05) is 12.1 Å². The molecular weight excluding hydrogens is 376 g/mol. The van der Waals surface area contributed by atoms with Crippen molar-refractivity contribution in [3.05, 3.63) is 59.2 Å². The van der Waals surface area contributed by atoms with Gasteiger partial charge in [-0.25, -0.2) is 8.78 Å². The van der Waals surface area contributed by atoms with Gasteiger partial charge in [0.2, 0.25) is 6.79 Å². The van der Waals surface area contributed by atoms with Gasteiger partial charge in [-0.3, -0.25) is 15.8 Å². The van der Waals surface area contributed by atoms with E-state index >= 15 is 0 Å². The number of hydrazine groups is 1. The Morgan fingerprint density at radius 1 is 1.07 bits per heavy atom. The van der Waals surface area contributed by atoms with Crippen molar-refractivity contribution in [2.24, 2.45) is 5.92 Å². The standard InChI is InChI=1S/C22H25F2N3O2/c23-17-4-1-5-18(24)21(17)16-10-25-26-22(16)15-3-2-8-27(12-15)11-14-6-7-19-20(9-14)29-13-28-19/h1,4-7,9,15-16,22,25-26H,2-3,8,10-13H2. The molecule has 3 aliphatic rings. The predicted molar refractivity (Wildman–Crippen MR) is 105 cm³/mol. The Kier molecular flexibility index (Phi) is 5.11. The summed E-state index contributed by atoms with van der Waals surface area (Å²) in [7, 11) is 0. The number of hydrogen-bond acceptors (Lipinski definition) is 5. The summed E-state index contributed by atoms with van der Waals surface area (Å²) in [5.74, 6) is 0.773. The third-order valence-electron chi connectivity index (χ3n) is 6.29. The smallest absolute Gasteiger partial charge is 0.231 e. The number of halogens is 2. The Morgan fingerprint density at radius 2 is 1.90 bits per heavy atom. The number of rotatable bonds is 4. The van der Waals surface area contributed by atoms with Gasteiger partial charge in [0.05, 0.1) is 0 Å². The maximum Gasteiger partial charge on any atom is 0.231 e. The summed E-state index contributed by atoms with van der Waals surface area (Å²) in [6.07, 6.45) is 2.11. The van der Waals surface area contributed by atoms with E-state index < -0.39 is 11.6 Å². The largest absolute Gasteiger partial charge is 0.454 e. The van der Waals surface area contributed by atoms with E-state index in [0.29, 0.717) is 12.5 Å². The lowest BCUT2D eigenvalue weighted by Crippen LogP contribution is -2.46. The summed E-state index contributed by atoms with van der Waals surface area (Å²) in [4.78, 5) is 2.42. The summed E-state index contributed by atoms with van der Waals surface area (Å²) < 4.78 is 39.7. The van der Waals surface area contributed by atoms with Crippen LogP contribution in [-0.2, 0) is 6.54 Å². The molecule has 0 bridgehead atoms. The van der Waals surface area contributed by atoms with E-state index in [2.05, 4.69) is 21.8 Å². The zero-order valence-corrected chi connectivity index (χ0v) is 16.2. The van der Waals surface area contributed by atoms with Crippen molar-refractivity contribution in [2.75, 3.05) is 26.4 Å². The fourth-order valence-corrected chi connectivity index (χ4v) is 4.93. The van der Waals surface area contributed by atoms with Crippen LogP contribution in [0.4, 0.5) is 8.78 Å². The van der Waals surface area contributed by atoms with Crippen molar-refractivity contribution >= 4 is 0 Å². The Balaban J connectivity index is 1.30. The van der Waals surface area contributed by atoms with Crippen LogP contribution in [0.2, 0.25) is 0 Å². The molecule has 3 aliphatic heterocycles. The molecule has 3 heterocycles. The fourth-order valence-electron chi connectivity index (χ4n) is 4.93. The van der Waals surface area contributed by atoms with E-state index in [4.69, 9.17) is 9.47 Å². The summed E-state index contributed by atoms with van der Waals surface area (Å²) in [5.41, 5.74) is 7.82. The van der Waals surface area contributed by atoms with Crippen molar-refractivity contribution in [1.29, 1.82) is 0 Å². The van der Waals surface area contributed by atoms with Crippen LogP contribution in [0.1, 0.15) is 29.9 Å². The molecule has 2 aromatic carbocycles. The topological polar surface area (TPSA) is 45.8 Å². The number of benzene rings is 2.